The second kappa shape index (κ2) is 7.07. The smallest absolute Gasteiger partial charge is 0.204 e. The van der Waals surface area contributed by atoms with Gasteiger partial charge in [-0.15, -0.1) is 0 Å². The van der Waals surface area contributed by atoms with Crippen LogP contribution in [0.2, 0.25) is 0 Å². The topological polar surface area (TPSA) is 100 Å². The summed E-state index contributed by atoms with van der Waals surface area (Å²) in [4.78, 5) is 13.0. The van der Waals surface area contributed by atoms with E-state index in [4.69, 9.17) is 9.15 Å². The van der Waals surface area contributed by atoms with Crippen molar-refractivity contribution >= 4 is 11.0 Å². The average Bonchev–Trinajstić information content (AvgIpc) is 2.61. The van der Waals surface area contributed by atoms with E-state index in [1.165, 1.54) is 25.5 Å². The first kappa shape index (κ1) is 18.4. The van der Waals surface area contributed by atoms with Crippen molar-refractivity contribution < 1.29 is 24.5 Å². The quantitative estimate of drug-likeness (QED) is 0.600. The van der Waals surface area contributed by atoms with Gasteiger partial charge >= 0.3 is 0 Å². The van der Waals surface area contributed by atoms with Crippen LogP contribution in [0.4, 0.5) is 0 Å². The van der Waals surface area contributed by atoms with E-state index in [0.717, 1.165) is 11.6 Å². The lowest BCUT2D eigenvalue weighted by Crippen LogP contribution is -2.06. The molecule has 0 aliphatic carbocycles. The molecule has 6 heteroatoms. The Labute approximate surface area is 155 Å². The minimum absolute atomic E-state index is 0.0160. The molecule has 0 saturated heterocycles. The first-order valence-corrected chi connectivity index (χ1v) is 8.33. The van der Waals surface area contributed by atoms with Crippen LogP contribution in [0.25, 0.3) is 22.1 Å². The van der Waals surface area contributed by atoms with Gasteiger partial charge in [-0.25, -0.2) is 0 Å². The maximum absolute atomic E-state index is 13.0. The van der Waals surface area contributed by atoms with Crippen molar-refractivity contribution in [2.24, 2.45) is 0 Å². The molecule has 1 heterocycles. The summed E-state index contributed by atoms with van der Waals surface area (Å²) in [6.07, 6.45) is 3.51. The summed E-state index contributed by atoms with van der Waals surface area (Å²) < 4.78 is 10.6. The lowest BCUT2D eigenvalue weighted by atomic mass is 10.0. The van der Waals surface area contributed by atoms with Crippen LogP contribution in [0, 0.1) is 0 Å². The van der Waals surface area contributed by atoms with Gasteiger partial charge < -0.3 is 24.5 Å². The zero-order valence-electron chi connectivity index (χ0n) is 15.2. The molecular weight excluding hydrogens is 348 g/mol. The number of hydrogen-bond acceptors (Lipinski definition) is 6. The van der Waals surface area contributed by atoms with Crippen molar-refractivity contribution in [1.29, 1.82) is 0 Å². The number of rotatable bonds is 4. The van der Waals surface area contributed by atoms with E-state index in [0.29, 0.717) is 17.5 Å². The Morgan fingerprint density at radius 2 is 1.85 bits per heavy atom. The molecule has 2 aromatic carbocycles. The molecule has 0 amide bonds. The van der Waals surface area contributed by atoms with Crippen molar-refractivity contribution in [2.75, 3.05) is 7.11 Å². The van der Waals surface area contributed by atoms with Crippen LogP contribution < -0.4 is 10.2 Å². The first-order valence-electron chi connectivity index (χ1n) is 8.33. The predicted molar refractivity (Wildman–Crippen MR) is 103 cm³/mol. The Balaban J connectivity index is 2.25. The summed E-state index contributed by atoms with van der Waals surface area (Å²) in [6, 6.07) is 5.67. The molecule has 0 spiro atoms. The Hall–Kier alpha value is -3.41. The minimum atomic E-state index is -0.461. The highest BCUT2D eigenvalue weighted by atomic mass is 16.5. The largest absolute Gasteiger partial charge is 0.507 e. The fourth-order valence-electron chi connectivity index (χ4n) is 2.89. The third-order valence-corrected chi connectivity index (χ3v) is 4.31. The van der Waals surface area contributed by atoms with E-state index < -0.39 is 5.43 Å². The van der Waals surface area contributed by atoms with Crippen LogP contribution in [0.1, 0.15) is 19.4 Å². The Morgan fingerprint density at radius 3 is 2.48 bits per heavy atom. The number of fused-ring (bicyclic) bond motifs is 1. The molecule has 0 bridgehead atoms. The molecule has 0 unspecified atom stereocenters. The third-order valence-electron chi connectivity index (χ3n) is 4.31. The second-order valence-electron chi connectivity index (χ2n) is 6.45. The molecule has 0 radical (unpaired) electrons. The number of allylic oxidation sites excluding steroid dienone is 2. The molecule has 1 aromatic heterocycles. The number of phenolic OH excluding ortho intramolecular Hbond substituents is 3. The summed E-state index contributed by atoms with van der Waals surface area (Å²) >= 11 is 0. The van der Waals surface area contributed by atoms with E-state index in [9.17, 15) is 20.1 Å². The molecule has 0 aliphatic rings. The summed E-state index contributed by atoms with van der Waals surface area (Å²) in [6.45, 7) is 3.84. The maximum Gasteiger partial charge on any atom is 0.204 e. The van der Waals surface area contributed by atoms with E-state index in [2.05, 4.69) is 0 Å². The maximum atomic E-state index is 13.0. The van der Waals surface area contributed by atoms with Gasteiger partial charge in [-0.05, 0) is 38.0 Å². The molecule has 6 nitrogen and oxygen atoms in total. The Bertz CT molecular complexity index is 1100. The summed E-state index contributed by atoms with van der Waals surface area (Å²) in [7, 11) is 1.43. The molecule has 0 saturated carbocycles. The molecule has 3 rings (SSSR count). The van der Waals surface area contributed by atoms with Crippen molar-refractivity contribution in [3.05, 3.63) is 58.0 Å². The third kappa shape index (κ3) is 3.33. The zero-order chi connectivity index (χ0) is 19.7. The monoisotopic (exact) mass is 368 g/mol. The highest BCUT2D eigenvalue weighted by Gasteiger charge is 2.19. The summed E-state index contributed by atoms with van der Waals surface area (Å²) in [5.41, 5.74) is 1.73. The van der Waals surface area contributed by atoms with E-state index in [-0.39, 0.29) is 39.5 Å². The van der Waals surface area contributed by atoms with Gasteiger partial charge in [-0.3, -0.25) is 4.79 Å². The van der Waals surface area contributed by atoms with Crippen molar-refractivity contribution in [1.82, 2.24) is 0 Å². The van der Waals surface area contributed by atoms with Gasteiger partial charge in [-0.1, -0.05) is 17.7 Å². The molecule has 27 heavy (non-hydrogen) atoms. The summed E-state index contributed by atoms with van der Waals surface area (Å²) in [5, 5.41) is 30.4. The van der Waals surface area contributed by atoms with Crippen LogP contribution in [0.5, 0.6) is 23.0 Å². The van der Waals surface area contributed by atoms with Gasteiger partial charge in [0.25, 0.3) is 0 Å². The molecule has 140 valence electrons. The number of aromatic hydroxyl groups is 3. The zero-order valence-corrected chi connectivity index (χ0v) is 15.2. The fraction of sp³-hybridized carbons (Fsp3) is 0.190. The standard InChI is InChI=1S/C21H20O6/c1-11(2)4-6-13-15(22)9-17(24)19-20(25)14(10-27-21(13)19)12-5-7-18(26-3)16(23)8-12/h4-5,7-10,22-24H,6H2,1-3H3. The van der Waals surface area contributed by atoms with E-state index in [1.54, 1.807) is 6.07 Å². The normalized spacial score (nSPS) is 10.8. The number of phenols is 3. The van der Waals surface area contributed by atoms with Gasteiger partial charge in [0.15, 0.2) is 11.5 Å². The second-order valence-corrected chi connectivity index (χ2v) is 6.45. The van der Waals surface area contributed by atoms with Crippen LogP contribution in [0.15, 0.2) is 51.4 Å². The highest BCUT2D eigenvalue weighted by molar-refractivity contribution is 5.91. The molecule has 0 fully saturated rings. The molecule has 0 atom stereocenters. The van der Waals surface area contributed by atoms with E-state index in [1.807, 2.05) is 19.9 Å². The minimum Gasteiger partial charge on any atom is -0.507 e. The summed E-state index contributed by atoms with van der Waals surface area (Å²) in [5.74, 6) is -0.346. The average molecular weight is 368 g/mol. The molecule has 3 N–H and O–H groups in total. The fourth-order valence-corrected chi connectivity index (χ4v) is 2.89. The lowest BCUT2D eigenvalue weighted by molar-refractivity contribution is 0.373. The molecule has 3 aromatic rings. The van der Waals surface area contributed by atoms with Gasteiger partial charge in [0.05, 0.1) is 12.7 Å². The lowest BCUT2D eigenvalue weighted by Gasteiger charge is -2.10. The van der Waals surface area contributed by atoms with Crippen molar-refractivity contribution in [2.45, 2.75) is 20.3 Å². The molecular formula is C21H20O6. The number of methoxy groups -OCH3 is 1. The van der Waals surface area contributed by atoms with Gasteiger partial charge in [0.2, 0.25) is 5.43 Å². The van der Waals surface area contributed by atoms with Crippen LogP contribution in [-0.4, -0.2) is 22.4 Å². The van der Waals surface area contributed by atoms with E-state index >= 15 is 0 Å². The van der Waals surface area contributed by atoms with Crippen LogP contribution >= 0.6 is 0 Å². The Morgan fingerprint density at radius 1 is 1.11 bits per heavy atom. The van der Waals surface area contributed by atoms with Gasteiger partial charge in [-0.2, -0.15) is 0 Å². The van der Waals surface area contributed by atoms with Gasteiger partial charge in [0, 0.05) is 11.6 Å². The van der Waals surface area contributed by atoms with Gasteiger partial charge in [0.1, 0.15) is 28.7 Å². The number of benzene rings is 2. The first-order chi connectivity index (χ1) is 12.8. The molecule has 0 aliphatic heterocycles. The SMILES string of the molecule is COc1ccc(-c2coc3c(CC=C(C)C)c(O)cc(O)c3c2=O)cc1O. The van der Waals surface area contributed by atoms with Crippen molar-refractivity contribution in [3.8, 4) is 34.1 Å². The Kier molecular flexibility index (Phi) is 4.81. The highest BCUT2D eigenvalue weighted by Crippen LogP contribution is 2.36. The van der Waals surface area contributed by atoms with Crippen molar-refractivity contribution in [3.63, 3.8) is 0 Å². The number of ether oxygens (including phenoxy) is 1. The van der Waals surface area contributed by atoms with Crippen LogP contribution in [-0.2, 0) is 6.42 Å². The number of hydrogen-bond donors (Lipinski definition) is 3. The van der Waals surface area contributed by atoms with Crippen LogP contribution in [0.3, 0.4) is 0 Å². The predicted octanol–water partition coefficient (Wildman–Crippen LogP) is 4.09.